The number of esters is 1. The number of carbonyl (C=O) groups excluding carboxylic acids is 1. The van der Waals surface area contributed by atoms with Gasteiger partial charge in [0.2, 0.25) is 0 Å². The van der Waals surface area contributed by atoms with Crippen LogP contribution in [-0.2, 0) is 9.53 Å². The largest absolute Gasteiger partial charge is 0.464 e. The number of benzene rings is 1. The van der Waals surface area contributed by atoms with Gasteiger partial charge in [-0.05, 0) is 13.0 Å². The van der Waals surface area contributed by atoms with E-state index in [1.807, 2.05) is 0 Å². The lowest BCUT2D eigenvalue weighted by Crippen LogP contribution is -2.30. The summed E-state index contributed by atoms with van der Waals surface area (Å²) in [6, 6.07) is 3.75. The van der Waals surface area contributed by atoms with Gasteiger partial charge in [-0.15, -0.1) is 0 Å². The van der Waals surface area contributed by atoms with Crippen LogP contribution in [0.1, 0.15) is 18.6 Å². The van der Waals surface area contributed by atoms with E-state index in [9.17, 15) is 25.1 Å². The Morgan fingerprint density at radius 3 is 2.68 bits per heavy atom. The molecule has 0 spiro atoms. The number of hydrogen-bond donors (Lipinski definition) is 2. The predicted molar refractivity (Wildman–Crippen MR) is 65.7 cm³/mol. The van der Waals surface area contributed by atoms with Crippen LogP contribution in [0.5, 0.6) is 0 Å². The fraction of sp³-hybridized carbons (Fsp3) is 0.364. The third-order valence-electron chi connectivity index (χ3n) is 2.35. The number of ether oxygens (including phenoxy) is 1. The van der Waals surface area contributed by atoms with Crippen molar-refractivity contribution in [3.63, 3.8) is 0 Å². The number of nitro benzene ring substituents is 1. The number of aliphatic hydroxyl groups excluding tert-OH is 2. The molecule has 0 aliphatic heterocycles. The Balaban J connectivity index is 3.15. The second kappa shape index (κ2) is 6.46. The minimum absolute atomic E-state index is 0.00717. The van der Waals surface area contributed by atoms with E-state index in [4.69, 9.17) is 11.6 Å². The van der Waals surface area contributed by atoms with E-state index in [-0.39, 0.29) is 17.2 Å². The summed E-state index contributed by atoms with van der Waals surface area (Å²) < 4.78 is 4.52. The van der Waals surface area contributed by atoms with Crippen LogP contribution in [0.15, 0.2) is 18.2 Å². The van der Waals surface area contributed by atoms with Gasteiger partial charge in [0.1, 0.15) is 6.10 Å². The highest BCUT2D eigenvalue weighted by Gasteiger charge is 2.33. The van der Waals surface area contributed by atoms with Gasteiger partial charge in [-0.2, -0.15) is 0 Å². The molecule has 0 saturated heterocycles. The van der Waals surface area contributed by atoms with Crippen LogP contribution in [0, 0.1) is 10.1 Å². The van der Waals surface area contributed by atoms with E-state index in [2.05, 4.69) is 4.74 Å². The quantitative estimate of drug-likeness (QED) is 0.479. The molecule has 1 aromatic carbocycles. The molecule has 0 fully saturated rings. The molecule has 1 rings (SSSR count). The highest BCUT2D eigenvalue weighted by atomic mass is 35.5. The van der Waals surface area contributed by atoms with Gasteiger partial charge in [-0.3, -0.25) is 10.1 Å². The van der Waals surface area contributed by atoms with Crippen LogP contribution in [0.25, 0.3) is 0 Å². The molecule has 8 heteroatoms. The maximum Gasteiger partial charge on any atom is 0.338 e. The fourth-order valence-corrected chi connectivity index (χ4v) is 1.77. The lowest BCUT2D eigenvalue weighted by Gasteiger charge is -2.17. The van der Waals surface area contributed by atoms with Crippen molar-refractivity contribution in [2.75, 3.05) is 6.61 Å². The molecule has 0 saturated carbocycles. The van der Waals surface area contributed by atoms with Gasteiger partial charge in [0.25, 0.3) is 5.69 Å². The van der Waals surface area contributed by atoms with E-state index in [1.54, 1.807) is 0 Å². The van der Waals surface area contributed by atoms with Crippen molar-refractivity contribution in [3.8, 4) is 0 Å². The lowest BCUT2D eigenvalue weighted by atomic mass is 10.0. The SMILES string of the molecule is CCOC(=O)C(O)C(O)c1c(Cl)cccc1[N+](=O)[O-]. The molecule has 0 amide bonds. The van der Waals surface area contributed by atoms with Gasteiger partial charge >= 0.3 is 5.97 Å². The summed E-state index contributed by atoms with van der Waals surface area (Å²) in [4.78, 5) is 21.4. The first-order valence-electron chi connectivity index (χ1n) is 5.35. The van der Waals surface area contributed by atoms with Crippen molar-refractivity contribution in [1.82, 2.24) is 0 Å². The second-order valence-corrected chi connectivity index (χ2v) is 3.98. The van der Waals surface area contributed by atoms with Crippen molar-refractivity contribution in [2.24, 2.45) is 0 Å². The Morgan fingerprint density at radius 1 is 1.53 bits per heavy atom. The first-order valence-corrected chi connectivity index (χ1v) is 5.73. The Labute approximate surface area is 113 Å². The average Bonchev–Trinajstić information content (AvgIpc) is 2.36. The number of halogens is 1. The first-order chi connectivity index (χ1) is 8.90. The van der Waals surface area contributed by atoms with Crippen LogP contribution in [-0.4, -0.2) is 33.8 Å². The number of rotatable bonds is 5. The van der Waals surface area contributed by atoms with E-state index in [0.717, 1.165) is 6.07 Å². The summed E-state index contributed by atoms with van der Waals surface area (Å²) >= 11 is 5.77. The zero-order valence-electron chi connectivity index (χ0n) is 9.95. The van der Waals surface area contributed by atoms with E-state index >= 15 is 0 Å². The fourth-order valence-electron chi connectivity index (χ4n) is 1.49. The highest BCUT2D eigenvalue weighted by Crippen LogP contribution is 2.33. The summed E-state index contributed by atoms with van der Waals surface area (Å²) in [6.07, 6.45) is -3.79. The summed E-state index contributed by atoms with van der Waals surface area (Å²) in [5.74, 6) is -1.08. The molecule has 0 aliphatic rings. The number of nitrogens with zero attached hydrogens (tertiary/aromatic N) is 1. The third-order valence-corrected chi connectivity index (χ3v) is 2.68. The Morgan fingerprint density at radius 2 is 2.16 bits per heavy atom. The van der Waals surface area contributed by atoms with Crippen LogP contribution in [0.2, 0.25) is 5.02 Å². The maximum absolute atomic E-state index is 11.3. The Kier molecular flexibility index (Phi) is 5.22. The molecular weight excluding hydrogens is 278 g/mol. The molecule has 0 heterocycles. The topological polar surface area (TPSA) is 110 Å². The molecule has 0 aromatic heterocycles. The maximum atomic E-state index is 11.3. The van der Waals surface area contributed by atoms with Crippen molar-refractivity contribution >= 4 is 23.3 Å². The summed E-state index contributed by atoms with van der Waals surface area (Å²) in [6.45, 7) is 1.53. The minimum atomic E-state index is -1.95. The number of aliphatic hydroxyl groups is 2. The molecule has 2 unspecified atom stereocenters. The summed E-state index contributed by atoms with van der Waals surface area (Å²) in [5.41, 5.74) is -0.807. The molecule has 1 aromatic rings. The zero-order chi connectivity index (χ0) is 14.6. The minimum Gasteiger partial charge on any atom is -0.464 e. The summed E-state index contributed by atoms with van der Waals surface area (Å²) in [5, 5.41) is 30.2. The van der Waals surface area contributed by atoms with E-state index in [0.29, 0.717) is 0 Å². The molecule has 0 radical (unpaired) electrons. The van der Waals surface area contributed by atoms with Crippen molar-refractivity contribution in [3.05, 3.63) is 38.9 Å². The Bertz CT molecular complexity index is 492. The third kappa shape index (κ3) is 3.40. The van der Waals surface area contributed by atoms with Crippen molar-refractivity contribution < 1.29 is 24.7 Å². The molecule has 104 valence electrons. The predicted octanol–water partition coefficient (Wildman–Crippen LogP) is 1.21. The smallest absolute Gasteiger partial charge is 0.338 e. The van der Waals surface area contributed by atoms with Crippen LogP contribution >= 0.6 is 11.6 Å². The van der Waals surface area contributed by atoms with Crippen molar-refractivity contribution in [1.29, 1.82) is 0 Å². The number of hydrogen-bond acceptors (Lipinski definition) is 6. The second-order valence-electron chi connectivity index (χ2n) is 3.57. The van der Waals surface area contributed by atoms with Gasteiger partial charge in [0, 0.05) is 6.07 Å². The van der Waals surface area contributed by atoms with Gasteiger partial charge in [-0.25, -0.2) is 4.79 Å². The van der Waals surface area contributed by atoms with Gasteiger partial charge in [0.15, 0.2) is 6.10 Å². The molecule has 0 aliphatic carbocycles. The summed E-state index contributed by atoms with van der Waals surface area (Å²) in [7, 11) is 0. The van der Waals surface area contributed by atoms with Gasteiger partial charge in [-0.1, -0.05) is 17.7 Å². The van der Waals surface area contributed by atoms with Crippen molar-refractivity contribution in [2.45, 2.75) is 19.1 Å². The van der Waals surface area contributed by atoms with E-state index in [1.165, 1.54) is 19.1 Å². The van der Waals surface area contributed by atoms with Crippen LogP contribution < -0.4 is 0 Å². The molecule has 0 bridgehead atoms. The average molecular weight is 290 g/mol. The standard InChI is InChI=1S/C11H12ClNO6/c1-2-19-11(16)10(15)9(14)8-6(12)4-3-5-7(8)13(17)18/h3-5,9-10,14-15H,2H2,1H3. The van der Waals surface area contributed by atoms with E-state index < -0.39 is 28.8 Å². The number of carbonyl (C=O) groups is 1. The normalized spacial score (nSPS) is 13.7. The van der Waals surface area contributed by atoms with Crippen LogP contribution in [0.4, 0.5) is 5.69 Å². The molecular formula is C11H12ClNO6. The highest BCUT2D eigenvalue weighted by molar-refractivity contribution is 6.31. The molecule has 2 N–H and O–H groups in total. The van der Waals surface area contributed by atoms with Crippen LogP contribution in [0.3, 0.4) is 0 Å². The van der Waals surface area contributed by atoms with Gasteiger partial charge < -0.3 is 14.9 Å². The lowest BCUT2D eigenvalue weighted by molar-refractivity contribution is -0.386. The molecule has 19 heavy (non-hydrogen) atoms. The number of nitro groups is 1. The van der Waals surface area contributed by atoms with Gasteiger partial charge in [0.05, 0.1) is 22.1 Å². The zero-order valence-corrected chi connectivity index (χ0v) is 10.7. The molecule has 2 atom stereocenters. The monoisotopic (exact) mass is 289 g/mol. The molecule has 7 nitrogen and oxygen atoms in total. The Hall–Kier alpha value is -1.70. The first kappa shape index (κ1) is 15.4.